The fraction of sp³-hybridized carbons (Fsp3) is 0.280. The number of hydrogen-bond acceptors (Lipinski definition) is 4. The molecule has 0 saturated carbocycles. The number of fused-ring (bicyclic) bond motifs is 1. The van der Waals surface area contributed by atoms with Gasteiger partial charge in [-0.05, 0) is 47.5 Å². The van der Waals surface area contributed by atoms with E-state index in [9.17, 15) is 4.79 Å². The van der Waals surface area contributed by atoms with E-state index in [0.29, 0.717) is 17.9 Å². The molecule has 0 aromatic heterocycles. The van der Waals surface area contributed by atoms with E-state index in [4.69, 9.17) is 9.47 Å². The van der Waals surface area contributed by atoms with E-state index in [2.05, 4.69) is 17.5 Å². The van der Waals surface area contributed by atoms with Crippen LogP contribution in [0.4, 0.5) is 0 Å². The summed E-state index contributed by atoms with van der Waals surface area (Å²) in [5.74, 6) is 1.19. The predicted molar refractivity (Wildman–Crippen MR) is 122 cm³/mol. The van der Waals surface area contributed by atoms with E-state index < -0.39 is 0 Å². The summed E-state index contributed by atoms with van der Waals surface area (Å²) in [5, 5.41) is 6.23. The second kappa shape index (κ2) is 11.0. The highest BCUT2D eigenvalue weighted by atomic mass is 16.5. The second-order valence-corrected chi connectivity index (χ2v) is 7.04. The highest BCUT2D eigenvalue weighted by Gasteiger charge is 2.07. The smallest absolute Gasteiger partial charge is 0.271 e. The number of rotatable bonds is 10. The number of hydrogen-bond donors (Lipinski definition) is 1. The van der Waals surface area contributed by atoms with Gasteiger partial charge in [0.05, 0.1) is 19.9 Å². The van der Waals surface area contributed by atoms with Gasteiger partial charge in [-0.25, -0.2) is 5.43 Å². The Morgan fingerprint density at radius 3 is 2.57 bits per heavy atom. The Bertz CT molecular complexity index is 997. The Morgan fingerprint density at radius 2 is 1.80 bits per heavy atom. The zero-order chi connectivity index (χ0) is 21.2. The number of unbranched alkanes of at least 4 members (excludes halogenated alkanes) is 3. The van der Waals surface area contributed by atoms with Crippen molar-refractivity contribution in [1.82, 2.24) is 5.43 Å². The number of hydrazone groups is 1. The maximum atomic E-state index is 12.4. The van der Waals surface area contributed by atoms with E-state index in [1.165, 1.54) is 19.3 Å². The number of amides is 1. The van der Waals surface area contributed by atoms with Gasteiger partial charge in [0.15, 0.2) is 0 Å². The van der Waals surface area contributed by atoms with Crippen molar-refractivity contribution in [1.29, 1.82) is 0 Å². The van der Waals surface area contributed by atoms with Gasteiger partial charge in [-0.3, -0.25) is 4.79 Å². The van der Waals surface area contributed by atoms with Crippen molar-refractivity contribution in [3.63, 3.8) is 0 Å². The molecule has 0 aliphatic rings. The van der Waals surface area contributed by atoms with Gasteiger partial charge in [-0.1, -0.05) is 56.5 Å². The molecule has 0 radical (unpaired) electrons. The van der Waals surface area contributed by atoms with Crippen LogP contribution >= 0.6 is 0 Å². The van der Waals surface area contributed by atoms with Crippen molar-refractivity contribution in [3.8, 4) is 11.5 Å². The first-order valence-electron chi connectivity index (χ1n) is 10.3. The lowest BCUT2D eigenvalue weighted by molar-refractivity contribution is 0.0955. The van der Waals surface area contributed by atoms with Gasteiger partial charge in [-0.2, -0.15) is 5.10 Å². The van der Waals surface area contributed by atoms with Crippen LogP contribution < -0.4 is 14.9 Å². The van der Waals surface area contributed by atoms with Crippen LogP contribution in [0.15, 0.2) is 65.8 Å². The maximum Gasteiger partial charge on any atom is 0.271 e. The fourth-order valence-electron chi connectivity index (χ4n) is 3.23. The molecule has 0 atom stereocenters. The lowest BCUT2D eigenvalue weighted by Gasteiger charge is -2.08. The Labute approximate surface area is 177 Å². The summed E-state index contributed by atoms with van der Waals surface area (Å²) < 4.78 is 11.2. The summed E-state index contributed by atoms with van der Waals surface area (Å²) >= 11 is 0. The predicted octanol–water partition coefficient (Wildman–Crippen LogP) is 5.57. The molecule has 0 unspecified atom stereocenters. The zero-order valence-corrected chi connectivity index (χ0v) is 17.6. The van der Waals surface area contributed by atoms with Crippen molar-refractivity contribution in [2.24, 2.45) is 5.10 Å². The SMILES string of the molecule is CCCCCCOc1ccc(C(=O)NN=Cc2c(OC)ccc3ccccc23)cc1. The number of methoxy groups -OCH3 is 1. The zero-order valence-electron chi connectivity index (χ0n) is 17.6. The minimum atomic E-state index is -0.278. The van der Waals surface area contributed by atoms with Gasteiger partial charge < -0.3 is 9.47 Å². The van der Waals surface area contributed by atoms with Crippen LogP contribution in [0.25, 0.3) is 10.8 Å². The molecule has 3 aromatic carbocycles. The molecule has 3 rings (SSSR count). The summed E-state index contributed by atoms with van der Waals surface area (Å²) in [5.41, 5.74) is 3.93. The quantitative estimate of drug-likeness (QED) is 0.273. The third kappa shape index (κ3) is 5.60. The third-order valence-electron chi connectivity index (χ3n) is 4.89. The van der Waals surface area contributed by atoms with Crippen LogP contribution in [-0.2, 0) is 0 Å². The summed E-state index contributed by atoms with van der Waals surface area (Å²) in [6, 6.07) is 19.0. The Kier molecular flexibility index (Phi) is 7.84. The molecule has 3 aromatic rings. The van der Waals surface area contributed by atoms with Gasteiger partial charge >= 0.3 is 0 Å². The molecule has 5 heteroatoms. The molecule has 1 N–H and O–H groups in total. The Morgan fingerprint density at radius 1 is 1.00 bits per heavy atom. The first-order valence-corrected chi connectivity index (χ1v) is 10.3. The minimum absolute atomic E-state index is 0.278. The molecule has 0 aliphatic carbocycles. The van der Waals surface area contributed by atoms with Crippen molar-refractivity contribution in [2.75, 3.05) is 13.7 Å². The molecule has 0 saturated heterocycles. The number of carbonyl (C=O) groups excluding carboxylic acids is 1. The molecule has 0 fully saturated rings. The van der Waals surface area contributed by atoms with Crippen LogP contribution in [0.5, 0.6) is 11.5 Å². The lowest BCUT2D eigenvalue weighted by Crippen LogP contribution is -2.17. The largest absolute Gasteiger partial charge is 0.496 e. The molecule has 0 bridgehead atoms. The molecule has 0 aliphatic heterocycles. The number of nitrogens with one attached hydrogen (secondary N) is 1. The average molecular weight is 405 g/mol. The molecule has 0 spiro atoms. The van der Waals surface area contributed by atoms with E-state index >= 15 is 0 Å². The summed E-state index contributed by atoms with van der Waals surface area (Å²) in [7, 11) is 1.62. The second-order valence-electron chi connectivity index (χ2n) is 7.04. The van der Waals surface area contributed by atoms with Gasteiger partial charge in [-0.15, -0.1) is 0 Å². The van der Waals surface area contributed by atoms with Crippen molar-refractivity contribution in [3.05, 3.63) is 71.8 Å². The first kappa shape index (κ1) is 21.4. The molecule has 0 heterocycles. The van der Waals surface area contributed by atoms with E-state index in [1.807, 2.05) is 48.5 Å². The van der Waals surface area contributed by atoms with Crippen LogP contribution in [0.2, 0.25) is 0 Å². The van der Waals surface area contributed by atoms with Crippen molar-refractivity contribution >= 4 is 22.9 Å². The van der Waals surface area contributed by atoms with Crippen LogP contribution in [0.3, 0.4) is 0 Å². The number of benzene rings is 3. The fourth-order valence-corrected chi connectivity index (χ4v) is 3.23. The topological polar surface area (TPSA) is 59.9 Å². The normalized spacial score (nSPS) is 11.0. The highest BCUT2D eigenvalue weighted by molar-refractivity contribution is 6.03. The van der Waals surface area contributed by atoms with Gasteiger partial charge in [0.2, 0.25) is 0 Å². The summed E-state index contributed by atoms with van der Waals surface area (Å²) in [6.45, 7) is 2.88. The van der Waals surface area contributed by atoms with Crippen LogP contribution in [0.1, 0.15) is 48.5 Å². The van der Waals surface area contributed by atoms with Crippen LogP contribution in [0, 0.1) is 0 Å². The maximum absolute atomic E-state index is 12.4. The first-order chi connectivity index (χ1) is 14.7. The molecule has 30 heavy (non-hydrogen) atoms. The average Bonchev–Trinajstić information content (AvgIpc) is 2.79. The minimum Gasteiger partial charge on any atom is -0.496 e. The summed E-state index contributed by atoms with van der Waals surface area (Å²) in [6.07, 6.45) is 6.28. The molecular weight excluding hydrogens is 376 g/mol. The van der Waals surface area contributed by atoms with Gasteiger partial charge in [0.25, 0.3) is 5.91 Å². The number of ether oxygens (including phenoxy) is 2. The Balaban J connectivity index is 1.60. The number of carbonyl (C=O) groups is 1. The van der Waals surface area contributed by atoms with Gasteiger partial charge in [0.1, 0.15) is 11.5 Å². The van der Waals surface area contributed by atoms with E-state index in [1.54, 1.807) is 25.5 Å². The lowest BCUT2D eigenvalue weighted by atomic mass is 10.0. The van der Waals surface area contributed by atoms with Crippen molar-refractivity contribution in [2.45, 2.75) is 32.6 Å². The van der Waals surface area contributed by atoms with Crippen molar-refractivity contribution < 1.29 is 14.3 Å². The molecule has 1 amide bonds. The highest BCUT2D eigenvalue weighted by Crippen LogP contribution is 2.26. The van der Waals surface area contributed by atoms with Gasteiger partial charge in [0, 0.05) is 11.1 Å². The monoisotopic (exact) mass is 404 g/mol. The summed E-state index contributed by atoms with van der Waals surface area (Å²) in [4.78, 5) is 12.4. The molecule has 156 valence electrons. The van der Waals surface area contributed by atoms with E-state index in [0.717, 1.165) is 28.5 Å². The third-order valence-corrected chi connectivity index (χ3v) is 4.89. The number of nitrogens with zero attached hydrogens (tertiary/aromatic N) is 1. The van der Waals surface area contributed by atoms with E-state index in [-0.39, 0.29) is 5.91 Å². The molecule has 5 nitrogen and oxygen atoms in total. The van der Waals surface area contributed by atoms with Crippen LogP contribution in [-0.4, -0.2) is 25.8 Å². The standard InChI is InChI=1S/C25H28N2O3/c1-3-4-5-8-17-30-21-14-11-20(12-15-21)25(28)27-26-18-23-22-10-7-6-9-19(22)13-16-24(23)29-2/h6-7,9-16,18H,3-5,8,17H2,1-2H3,(H,27,28). The molecular formula is C25H28N2O3. The Hall–Kier alpha value is -3.34.